The molecule has 0 radical (unpaired) electrons. The van der Waals surface area contributed by atoms with Gasteiger partial charge in [0, 0.05) is 28.2 Å². The van der Waals surface area contributed by atoms with Crippen LogP contribution in [0.1, 0.15) is 45.2 Å². The van der Waals surface area contributed by atoms with Crippen molar-refractivity contribution in [2.24, 2.45) is 0 Å². The molecule has 2 unspecified atom stereocenters. The summed E-state index contributed by atoms with van der Waals surface area (Å²) in [6.45, 7) is 0. The maximum absolute atomic E-state index is 6.28. The van der Waals surface area contributed by atoms with Crippen LogP contribution in [0.3, 0.4) is 0 Å². The van der Waals surface area contributed by atoms with Crippen LogP contribution in [0.4, 0.5) is 11.4 Å². The Morgan fingerprint density at radius 1 is 0.565 bits per heavy atom. The summed E-state index contributed by atoms with van der Waals surface area (Å²) in [4.78, 5) is 0. The fourth-order valence-corrected chi connectivity index (χ4v) is 4.46. The van der Waals surface area contributed by atoms with Crippen LogP contribution in [0, 0.1) is 0 Å². The summed E-state index contributed by atoms with van der Waals surface area (Å²) in [6, 6.07) is 18.7. The van der Waals surface area contributed by atoms with Crippen LogP contribution in [0.2, 0.25) is 5.02 Å². The molecule has 0 spiro atoms. The lowest BCUT2D eigenvalue weighted by molar-refractivity contribution is 0.755. The van der Waals surface area contributed by atoms with E-state index < -0.39 is 0 Å². The van der Waals surface area contributed by atoms with Crippen molar-refractivity contribution < 1.29 is 0 Å². The Morgan fingerprint density at radius 3 is 1.57 bits per heavy atom. The van der Waals surface area contributed by atoms with Gasteiger partial charge in [-0.15, -0.1) is 0 Å². The Bertz CT molecular complexity index is 924. The molecule has 2 atom stereocenters. The number of hydrogen-bond donors (Lipinski definition) is 2. The highest BCUT2D eigenvalue weighted by atomic mass is 35.5. The summed E-state index contributed by atoms with van der Waals surface area (Å²) in [5.41, 5.74) is 21.6. The summed E-state index contributed by atoms with van der Waals surface area (Å²) in [5, 5.41) is 0.777. The van der Waals surface area contributed by atoms with Crippen molar-refractivity contribution in [1.29, 1.82) is 0 Å². The first-order valence-electron chi connectivity index (χ1n) is 7.71. The first kappa shape index (κ1) is 13.0. The zero-order valence-electron chi connectivity index (χ0n) is 12.4. The molecule has 3 heteroatoms. The number of anilines is 2. The van der Waals surface area contributed by atoms with E-state index in [0.717, 1.165) is 16.4 Å². The van der Waals surface area contributed by atoms with Crippen molar-refractivity contribution in [3.8, 4) is 0 Å². The van der Waals surface area contributed by atoms with Crippen LogP contribution in [0.5, 0.6) is 0 Å². The van der Waals surface area contributed by atoms with Crippen LogP contribution >= 0.6 is 11.6 Å². The molecular weight excluding hydrogens is 304 g/mol. The number of halogens is 1. The van der Waals surface area contributed by atoms with Crippen molar-refractivity contribution in [3.05, 3.63) is 93.0 Å². The molecule has 0 saturated carbocycles. The van der Waals surface area contributed by atoms with Crippen molar-refractivity contribution >= 4 is 23.0 Å². The van der Waals surface area contributed by atoms with Gasteiger partial charge in [-0.2, -0.15) is 0 Å². The number of nitrogens with two attached hydrogens (primary N) is 2. The second kappa shape index (κ2) is 4.30. The molecule has 6 rings (SSSR count). The number of rotatable bonds is 0. The molecule has 0 fully saturated rings. The molecule has 112 valence electrons. The fraction of sp³-hybridized carbons (Fsp3) is 0.100. The number of nitrogen functional groups attached to an aromatic ring is 2. The maximum Gasteiger partial charge on any atom is 0.0409 e. The molecule has 2 bridgehead atoms. The molecule has 3 aromatic carbocycles. The van der Waals surface area contributed by atoms with Gasteiger partial charge in [0.25, 0.3) is 0 Å². The molecule has 23 heavy (non-hydrogen) atoms. The molecule has 0 heterocycles. The van der Waals surface area contributed by atoms with Gasteiger partial charge in [-0.05, 0) is 69.8 Å². The first-order valence-corrected chi connectivity index (χ1v) is 8.09. The largest absolute Gasteiger partial charge is 0.399 e. The van der Waals surface area contributed by atoms with Crippen molar-refractivity contribution in [1.82, 2.24) is 0 Å². The molecule has 4 N–H and O–H groups in total. The second-order valence-corrected chi connectivity index (χ2v) is 6.85. The highest BCUT2D eigenvalue weighted by molar-refractivity contribution is 6.30. The highest BCUT2D eigenvalue weighted by Gasteiger charge is 2.41. The molecule has 0 aliphatic heterocycles. The van der Waals surface area contributed by atoms with Gasteiger partial charge in [0.05, 0.1) is 0 Å². The van der Waals surface area contributed by atoms with E-state index in [9.17, 15) is 0 Å². The molecule has 3 aromatic rings. The van der Waals surface area contributed by atoms with Crippen LogP contribution in [-0.2, 0) is 0 Å². The summed E-state index contributed by atoms with van der Waals surface area (Å²) >= 11 is 6.28. The topological polar surface area (TPSA) is 52.0 Å². The minimum Gasteiger partial charge on any atom is -0.399 e. The molecule has 3 aliphatic carbocycles. The van der Waals surface area contributed by atoms with Crippen molar-refractivity contribution in [2.45, 2.75) is 11.8 Å². The third-order valence-electron chi connectivity index (χ3n) is 5.14. The summed E-state index contributed by atoms with van der Waals surface area (Å²) in [7, 11) is 0. The van der Waals surface area contributed by atoms with Gasteiger partial charge in [0.1, 0.15) is 0 Å². The van der Waals surface area contributed by atoms with E-state index in [1.807, 2.05) is 18.2 Å². The van der Waals surface area contributed by atoms with Gasteiger partial charge >= 0.3 is 0 Å². The van der Waals surface area contributed by atoms with Crippen LogP contribution in [-0.4, -0.2) is 0 Å². The van der Waals surface area contributed by atoms with Crippen LogP contribution < -0.4 is 11.5 Å². The minimum absolute atomic E-state index is 0.183. The zero-order valence-corrected chi connectivity index (χ0v) is 13.1. The Labute approximate surface area is 139 Å². The van der Waals surface area contributed by atoms with E-state index in [4.69, 9.17) is 23.1 Å². The first-order chi connectivity index (χ1) is 11.1. The Balaban J connectivity index is 1.90. The number of hydrogen-bond acceptors (Lipinski definition) is 2. The van der Waals surface area contributed by atoms with E-state index in [2.05, 4.69) is 36.4 Å². The summed E-state index contributed by atoms with van der Waals surface area (Å²) in [5.74, 6) is 0.393. The summed E-state index contributed by atoms with van der Waals surface area (Å²) < 4.78 is 0. The van der Waals surface area contributed by atoms with E-state index in [-0.39, 0.29) is 11.8 Å². The molecule has 2 nitrogen and oxygen atoms in total. The normalized spacial score (nSPS) is 19.9. The monoisotopic (exact) mass is 318 g/mol. The van der Waals surface area contributed by atoms with E-state index in [0.29, 0.717) is 0 Å². The third kappa shape index (κ3) is 1.64. The van der Waals surface area contributed by atoms with Crippen LogP contribution in [0.25, 0.3) is 0 Å². The lowest BCUT2D eigenvalue weighted by atomic mass is 9.61. The smallest absolute Gasteiger partial charge is 0.0409 e. The lowest BCUT2D eigenvalue weighted by Gasteiger charge is -2.42. The Hall–Kier alpha value is -2.45. The average molecular weight is 319 g/mol. The quantitative estimate of drug-likeness (QED) is 0.413. The van der Waals surface area contributed by atoms with Crippen LogP contribution in [0.15, 0.2) is 54.6 Å². The van der Waals surface area contributed by atoms with Gasteiger partial charge in [0.2, 0.25) is 0 Å². The van der Waals surface area contributed by atoms with Gasteiger partial charge in [0.15, 0.2) is 0 Å². The fourth-order valence-electron chi connectivity index (χ4n) is 4.28. The Kier molecular flexibility index (Phi) is 2.44. The predicted molar refractivity (Wildman–Crippen MR) is 95.1 cm³/mol. The van der Waals surface area contributed by atoms with Gasteiger partial charge in [-0.25, -0.2) is 0 Å². The molecule has 0 saturated heterocycles. The predicted octanol–water partition coefficient (Wildman–Crippen LogP) is 4.49. The van der Waals surface area contributed by atoms with Gasteiger partial charge < -0.3 is 11.5 Å². The SMILES string of the molecule is Nc1ccc2c(c1)C1c3ccc(N)cc3C2c2cc(Cl)ccc21. The minimum atomic E-state index is 0.183. The number of benzene rings is 3. The van der Waals surface area contributed by atoms with E-state index in [1.54, 1.807) is 0 Å². The molecular formula is C20H15ClN2. The van der Waals surface area contributed by atoms with E-state index in [1.165, 1.54) is 33.4 Å². The highest BCUT2D eigenvalue weighted by Crippen LogP contribution is 2.56. The van der Waals surface area contributed by atoms with Crippen molar-refractivity contribution in [2.75, 3.05) is 11.5 Å². The zero-order chi connectivity index (χ0) is 15.7. The standard InChI is InChI=1S/C20H15ClN2/c21-10-1-4-13-16(7-10)20-15-6-3-11(22)8-17(15)19(13)14-5-2-12(23)9-18(14)20/h1-9,19-20H,22-23H2. The van der Waals surface area contributed by atoms with E-state index >= 15 is 0 Å². The van der Waals surface area contributed by atoms with Gasteiger partial charge in [-0.3, -0.25) is 0 Å². The van der Waals surface area contributed by atoms with Crippen molar-refractivity contribution in [3.63, 3.8) is 0 Å². The third-order valence-corrected chi connectivity index (χ3v) is 5.37. The van der Waals surface area contributed by atoms with Gasteiger partial charge in [-0.1, -0.05) is 29.8 Å². The summed E-state index contributed by atoms with van der Waals surface area (Å²) in [6.07, 6.45) is 0. The lowest BCUT2D eigenvalue weighted by Crippen LogP contribution is -2.27. The molecule has 0 aromatic heterocycles. The Morgan fingerprint density at radius 2 is 1.00 bits per heavy atom. The average Bonchev–Trinajstić information content (AvgIpc) is 2.53. The molecule has 0 amide bonds. The second-order valence-electron chi connectivity index (χ2n) is 6.42. The molecule has 3 aliphatic rings. The maximum atomic E-state index is 6.28.